The summed E-state index contributed by atoms with van der Waals surface area (Å²) in [4.78, 5) is 28.2. The molecule has 0 aromatic heterocycles. The monoisotopic (exact) mass is 374 g/mol. The molecule has 0 bridgehead atoms. The van der Waals surface area contributed by atoms with E-state index in [1.807, 2.05) is 52.0 Å². The lowest BCUT2D eigenvalue weighted by atomic mass is 10.1. The summed E-state index contributed by atoms with van der Waals surface area (Å²) in [5.41, 5.74) is 2.05. The van der Waals surface area contributed by atoms with E-state index >= 15 is 0 Å². The van der Waals surface area contributed by atoms with E-state index in [9.17, 15) is 9.59 Å². The Morgan fingerprint density at radius 2 is 1.85 bits per heavy atom. The van der Waals surface area contributed by atoms with Gasteiger partial charge >= 0.3 is 12.1 Å². The molecule has 0 aliphatic carbocycles. The van der Waals surface area contributed by atoms with Crippen molar-refractivity contribution >= 4 is 23.8 Å². The molecule has 0 N–H and O–H groups in total. The van der Waals surface area contributed by atoms with Crippen LogP contribution in [0.15, 0.2) is 24.3 Å². The highest BCUT2D eigenvalue weighted by atomic mass is 16.6. The molecule has 6 nitrogen and oxygen atoms in total. The number of hydrogen-bond acceptors (Lipinski definition) is 5. The Hall–Kier alpha value is -2.50. The standard InChI is InChI=1S/C21H30N2O4/c1-6-8-16-15-17(19(24)26-5)9-10-18(16)22-11-7-12-23(14-13-22)20(25)27-21(2,3)4/h6,8-10,15H,7,11-14H2,1-5H3/b8-6-. The highest BCUT2D eigenvalue weighted by Gasteiger charge is 2.25. The largest absolute Gasteiger partial charge is 0.465 e. The van der Waals surface area contributed by atoms with E-state index in [0.717, 1.165) is 24.2 Å². The van der Waals surface area contributed by atoms with Gasteiger partial charge in [-0.25, -0.2) is 9.59 Å². The molecule has 0 saturated carbocycles. The maximum atomic E-state index is 12.4. The van der Waals surface area contributed by atoms with Gasteiger partial charge in [-0.2, -0.15) is 0 Å². The second-order valence-electron chi connectivity index (χ2n) is 7.57. The minimum atomic E-state index is -0.494. The van der Waals surface area contributed by atoms with Gasteiger partial charge in [-0.1, -0.05) is 12.2 Å². The quantitative estimate of drug-likeness (QED) is 0.750. The van der Waals surface area contributed by atoms with E-state index in [2.05, 4.69) is 4.90 Å². The summed E-state index contributed by atoms with van der Waals surface area (Å²) >= 11 is 0. The zero-order valence-electron chi connectivity index (χ0n) is 16.9. The first kappa shape index (κ1) is 20.8. The smallest absolute Gasteiger partial charge is 0.410 e. The zero-order valence-corrected chi connectivity index (χ0v) is 16.9. The van der Waals surface area contributed by atoms with Crippen molar-refractivity contribution in [2.75, 3.05) is 38.2 Å². The molecule has 1 fully saturated rings. The van der Waals surface area contributed by atoms with Gasteiger partial charge in [0.1, 0.15) is 5.60 Å². The van der Waals surface area contributed by atoms with Crippen molar-refractivity contribution in [3.63, 3.8) is 0 Å². The van der Waals surface area contributed by atoms with Crippen molar-refractivity contribution in [2.24, 2.45) is 0 Å². The number of esters is 1. The van der Waals surface area contributed by atoms with Gasteiger partial charge in [-0.3, -0.25) is 0 Å². The molecular formula is C21H30N2O4. The number of ether oxygens (including phenoxy) is 2. The molecule has 1 aliphatic heterocycles. The topological polar surface area (TPSA) is 59.1 Å². The Bertz CT molecular complexity index is 707. The molecule has 6 heteroatoms. The molecule has 1 aliphatic rings. The second-order valence-corrected chi connectivity index (χ2v) is 7.57. The number of amides is 1. The molecule has 1 aromatic rings. The molecule has 0 atom stereocenters. The summed E-state index contributed by atoms with van der Waals surface area (Å²) in [5.74, 6) is -0.348. The van der Waals surface area contributed by atoms with Crippen LogP contribution < -0.4 is 4.90 Å². The SMILES string of the molecule is C/C=C\c1cc(C(=O)OC)ccc1N1CCCN(C(=O)OC(C)(C)C)CC1. The maximum Gasteiger partial charge on any atom is 0.410 e. The Kier molecular flexibility index (Phi) is 6.88. The lowest BCUT2D eigenvalue weighted by Crippen LogP contribution is -2.39. The van der Waals surface area contributed by atoms with Gasteiger partial charge in [0.25, 0.3) is 0 Å². The molecule has 2 rings (SSSR count). The summed E-state index contributed by atoms with van der Waals surface area (Å²) in [7, 11) is 1.38. The molecule has 27 heavy (non-hydrogen) atoms. The summed E-state index contributed by atoms with van der Waals surface area (Å²) in [6.07, 6.45) is 4.52. The van der Waals surface area contributed by atoms with E-state index in [0.29, 0.717) is 25.2 Å². The van der Waals surface area contributed by atoms with Crippen molar-refractivity contribution in [1.29, 1.82) is 0 Å². The van der Waals surface area contributed by atoms with E-state index in [4.69, 9.17) is 9.47 Å². The Morgan fingerprint density at radius 3 is 2.48 bits per heavy atom. The summed E-state index contributed by atoms with van der Waals surface area (Å²) < 4.78 is 10.3. The summed E-state index contributed by atoms with van der Waals surface area (Å²) in [5, 5.41) is 0. The molecule has 0 radical (unpaired) electrons. The fraction of sp³-hybridized carbons (Fsp3) is 0.524. The first-order valence-electron chi connectivity index (χ1n) is 9.33. The van der Waals surface area contributed by atoms with Gasteiger partial charge in [-0.05, 0) is 57.9 Å². The fourth-order valence-electron chi connectivity index (χ4n) is 3.07. The molecule has 148 valence electrons. The number of methoxy groups -OCH3 is 1. The number of rotatable bonds is 3. The van der Waals surface area contributed by atoms with Crippen molar-refractivity contribution in [3.8, 4) is 0 Å². The van der Waals surface area contributed by atoms with Gasteiger partial charge in [0.05, 0.1) is 12.7 Å². The number of hydrogen-bond donors (Lipinski definition) is 0. The van der Waals surface area contributed by atoms with Crippen LogP contribution in [0.4, 0.5) is 10.5 Å². The normalized spacial score (nSPS) is 15.6. The average Bonchev–Trinajstić information content (AvgIpc) is 2.86. The maximum absolute atomic E-state index is 12.4. The van der Waals surface area contributed by atoms with Crippen LogP contribution in [0.25, 0.3) is 6.08 Å². The van der Waals surface area contributed by atoms with Crippen molar-refractivity contribution in [3.05, 3.63) is 35.4 Å². The number of carbonyl (C=O) groups excluding carboxylic acids is 2. The predicted molar refractivity (Wildman–Crippen MR) is 107 cm³/mol. The minimum absolute atomic E-state index is 0.265. The van der Waals surface area contributed by atoms with Gasteiger partial charge in [0, 0.05) is 31.9 Å². The number of nitrogens with zero attached hydrogens (tertiary/aromatic N) is 2. The second kappa shape index (κ2) is 8.93. The fourth-order valence-corrected chi connectivity index (χ4v) is 3.07. The number of anilines is 1. The third-order valence-electron chi connectivity index (χ3n) is 4.28. The Labute approximate surface area is 161 Å². The summed E-state index contributed by atoms with van der Waals surface area (Å²) in [6, 6.07) is 5.58. The van der Waals surface area contributed by atoms with Gasteiger partial charge in [0.15, 0.2) is 0 Å². The number of carbonyl (C=O) groups is 2. The molecule has 1 aromatic carbocycles. The molecule has 1 saturated heterocycles. The average molecular weight is 374 g/mol. The highest BCUT2D eigenvalue weighted by Crippen LogP contribution is 2.25. The lowest BCUT2D eigenvalue weighted by Gasteiger charge is -2.27. The van der Waals surface area contributed by atoms with Crippen LogP contribution in [0, 0.1) is 0 Å². The molecule has 1 heterocycles. The first-order valence-corrected chi connectivity index (χ1v) is 9.33. The van der Waals surface area contributed by atoms with Gasteiger partial charge in [0.2, 0.25) is 0 Å². The minimum Gasteiger partial charge on any atom is -0.465 e. The van der Waals surface area contributed by atoms with Crippen LogP contribution in [-0.2, 0) is 9.47 Å². The van der Waals surface area contributed by atoms with Gasteiger partial charge in [-0.15, -0.1) is 0 Å². The number of allylic oxidation sites excluding steroid dienone is 1. The predicted octanol–water partition coefficient (Wildman–Crippen LogP) is 3.95. The van der Waals surface area contributed by atoms with E-state index in [1.165, 1.54) is 7.11 Å². The van der Waals surface area contributed by atoms with Crippen LogP contribution in [0.3, 0.4) is 0 Å². The molecule has 0 unspecified atom stereocenters. The van der Waals surface area contributed by atoms with Crippen LogP contribution in [0.1, 0.15) is 50.0 Å². The van der Waals surface area contributed by atoms with E-state index in [-0.39, 0.29) is 12.1 Å². The first-order chi connectivity index (χ1) is 12.7. The number of benzene rings is 1. The van der Waals surface area contributed by atoms with Gasteiger partial charge < -0.3 is 19.3 Å². The lowest BCUT2D eigenvalue weighted by molar-refractivity contribution is 0.0263. The van der Waals surface area contributed by atoms with Crippen molar-refractivity contribution < 1.29 is 19.1 Å². The van der Waals surface area contributed by atoms with Crippen LogP contribution in [-0.4, -0.2) is 55.9 Å². The molecular weight excluding hydrogens is 344 g/mol. The van der Waals surface area contributed by atoms with Crippen LogP contribution in [0.5, 0.6) is 0 Å². The molecule has 0 spiro atoms. The third kappa shape index (κ3) is 5.74. The van der Waals surface area contributed by atoms with Crippen LogP contribution in [0.2, 0.25) is 0 Å². The van der Waals surface area contributed by atoms with Crippen LogP contribution >= 0.6 is 0 Å². The van der Waals surface area contributed by atoms with Crippen molar-refractivity contribution in [1.82, 2.24) is 4.90 Å². The summed E-state index contributed by atoms with van der Waals surface area (Å²) in [6.45, 7) is 10.4. The Morgan fingerprint density at radius 1 is 1.11 bits per heavy atom. The Balaban J connectivity index is 2.17. The zero-order chi connectivity index (χ0) is 20.0. The molecule has 1 amide bonds. The van der Waals surface area contributed by atoms with E-state index in [1.54, 1.807) is 11.0 Å². The van der Waals surface area contributed by atoms with E-state index < -0.39 is 5.60 Å². The highest BCUT2D eigenvalue weighted by molar-refractivity contribution is 5.91. The third-order valence-corrected chi connectivity index (χ3v) is 4.28. The van der Waals surface area contributed by atoms with Crippen molar-refractivity contribution in [2.45, 2.75) is 39.7 Å².